The zero-order valence-electron chi connectivity index (χ0n) is 11.3. The largest absolute Gasteiger partial charge is 0.379 e. The van der Waals surface area contributed by atoms with Crippen LogP contribution in [-0.4, -0.2) is 28.8 Å². The SMILES string of the molecule is CCn1cncc1CNCCCCOC(C)C. The molecule has 0 radical (unpaired) electrons. The van der Waals surface area contributed by atoms with Crippen LogP contribution in [0.5, 0.6) is 0 Å². The van der Waals surface area contributed by atoms with Crippen LogP contribution in [0.15, 0.2) is 12.5 Å². The number of nitrogens with one attached hydrogen (secondary N) is 1. The minimum atomic E-state index is 0.349. The molecule has 0 saturated heterocycles. The third kappa shape index (κ3) is 5.84. The minimum Gasteiger partial charge on any atom is -0.379 e. The number of hydrogen-bond acceptors (Lipinski definition) is 3. The molecule has 0 unspecified atom stereocenters. The van der Waals surface area contributed by atoms with Gasteiger partial charge < -0.3 is 14.6 Å². The summed E-state index contributed by atoms with van der Waals surface area (Å²) in [4.78, 5) is 4.14. The van der Waals surface area contributed by atoms with Crippen molar-refractivity contribution in [1.29, 1.82) is 0 Å². The van der Waals surface area contributed by atoms with Gasteiger partial charge in [-0.2, -0.15) is 0 Å². The van der Waals surface area contributed by atoms with Gasteiger partial charge in [-0.1, -0.05) is 0 Å². The molecule has 1 heterocycles. The summed E-state index contributed by atoms with van der Waals surface area (Å²) < 4.78 is 7.65. The summed E-state index contributed by atoms with van der Waals surface area (Å²) in [7, 11) is 0. The van der Waals surface area contributed by atoms with Crippen molar-refractivity contribution in [2.45, 2.75) is 52.8 Å². The van der Waals surface area contributed by atoms with E-state index < -0.39 is 0 Å². The van der Waals surface area contributed by atoms with Crippen molar-refractivity contribution in [3.63, 3.8) is 0 Å². The van der Waals surface area contributed by atoms with Crippen molar-refractivity contribution in [2.75, 3.05) is 13.2 Å². The first-order valence-electron chi connectivity index (χ1n) is 6.55. The highest BCUT2D eigenvalue weighted by Crippen LogP contribution is 1.99. The van der Waals surface area contributed by atoms with Crippen LogP contribution in [-0.2, 0) is 17.8 Å². The number of imidazole rings is 1. The van der Waals surface area contributed by atoms with Crippen molar-refractivity contribution >= 4 is 0 Å². The molecule has 0 bridgehead atoms. The Balaban J connectivity index is 2.01. The van der Waals surface area contributed by atoms with Gasteiger partial charge in [0.15, 0.2) is 0 Å². The molecule has 0 aliphatic rings. The molecule has 0 spiro atoms. The lowest BCUT2D eigenvalue weighted by Gasteiger charge is -2.08. The third-order valence-corrected chi connectivity index (χ3v) is 2.64. The van der Waals surface area contributed by atoms with Crippen LogP contribution in [0.2, 0.25) is 0 Å². The molecule has 0 amide bonds. The first kappa shape index (κ1) is 14.2. The first-order chi connectivity index (χ1) is 8.24. The fourth-order valence-corrected chi connectivity index (χ4v) is 1.67. The lowest BCUT2D eigenvalue weighted by molar-refractivity contribution is 0.0760. The Morgan fingerprint density at radius 2 is 2.24 bits per heavy atom. The molecule has 0 aliphatic heterocycles. The van der Waals surface area contributed by atoms with Crippen LogP contribution in [0, 0.1) is 0 Å². The van der Waals surface area contributed by atoms with Crippen LogP contribution in [0.4, 0.5) is 0 Å². The minimum absolute atomic E-state index is 0.349. The average Bonchev–Trinajstić information content (AvgIpc) is 2.74. The predicted molar refractivity (Wildman–Crippen MR) is 69.9 cm³/mol. The van der Waals surface area contributed by atoms with Crippen molar-refractivity contribution in [1.82, 2.24) is 14.9 Å². The number of aromatic nitrogens is 2. The topological polar surface area (TPSA) is 39.1 Å². The van der Waals surface area contributed by atoms with Crippen LogP contribution < -0.4 is 5.32 Å². The van der Waals surface area contributed by atoms with E-state index in [1.54, 1.807) is 0 Å². The molecule has 98 valence electrons. The summed E-state index contributed by atoms with van der Waals surface area (Å²) in [5, 5.41) is 3.43. The summed E-state index contributed by atoms with van der Waals surface area (Å²) in [6.07, 6.45) is 6.44. The fraction of sp³-hybridized carbons (Fsp3) is 0.769. The zero-order valence-corrected chi connectivity index (χ0v) is 11.3. The second-order valence-corrected chi connectivity index (χ2v) is 4.47. The Labute approximate surface area is 104 Å². The van der Waals surface area contributed by atoms with E-state index in [2.05, 4.69) is 35.6 Å². The molecule has 0 aliphatic carbocycles. The lowest BCUT2D eigenvalue weighted by Crippen LogP contribution is -2.17. The average molecular weight is 239 g/mol. The Morgan fingerprint density at radius 3 is 2.94 bits per heavy atom. The zero-order chi connectivity index (χ0) is 12.5. The smallest absolute Gasteiger partial charge is 0.0948 e. The van der Waals surface area contributed by atoms with Gasteiger partial charge in [0, 0.05) is 25.9 Å². The van der Waals surface area contributed by atoms with Gasteiger partial charge in [0.05, 0.1) is 18.1 Å². The molecule has 0 fully saturated rings. The number of hydrogen-bond donors (Lipinski definition) is 1. The Kier molecular flexibility index (Phi) is 6.89. The van der Waals surface area contributed by atoms with Gasteiger partial charge in [0.1, 0.15) is 0 Å². The van der Waals surface area contributed by atoms with Crippen molar-refractivity contribution < 1.29 is 4.74 Å². The van der Waals surface area contributed by atoms with Crippen molar-refractivity contribution in [2.24, 2.45) is 0 Å². The highest BCUT2D eigenvalue weighted by molar-refractivity contribution is 4.97. The molecule has 17 heavy (non-hydrogen) atoms. The maximum absolute atomic E-state index is 5.49. The van der Waals surface area contributed by atoms with Crippen LogP contribution in [0.3, 0.4) is 0 Å². The number of ether oxygens (including phenoxy) is 1. The summed E-state index contributed by atoms with van der Waals surface area (Å²) in [5.41, 5.74) is 1.26. The predicted octanol–water partition coefficient (Wildman–Crippen LogP) is 2.20. The van der Waals surface area contributed by atoms with Crippen LogP contribution >= 0.6 is 0 Å². The van der Waals surface area contributed by atoms with Crippen molar-refractivity contribution in [3.8, 4) is 0 Å². The molecular weight excluding hydrogens is 214 g/mol. The molecule has 0 saturated carbocycles. The normalized spacial score (nSPS) is 11.3. The number of rotatable bonds is 9. The maximum Gasteiger partial charge on any atom is 0.0948 e. The van der Waals surface area contributed by atoms with Gasteiger partial charge in [-0.05, 0) is 40.2 Å². The van der Waals surface area contributed by atoms with E-state index in [0.717, 1.165) is 39.1 Å². The molecule has 1 rings (SSSR count). The van der Waals surface area contributed by atoms with E-state index in [0.29, 0.717) is 6.10 Å². The van der Waals surface area contributed by atoms with Crippen molar-refractivity contribution in [3.05, 3.63) is 18.2 Å². The lowest BCUT2D eigenvalue weighted by atomic mass is 10.3. The first-order valence-corrected chi connectivity index (χ1v) is 6.55. The summed E-state index contributed by atoms with van der Waals surface area (Å²) in [6, 6.07) is 0. The van der Waals surface area contributed by atoms with E-state index >= 15 is 0 Å². The highest BCUT2D eigenvalue weighted by atomic mass is 16.5. The van der Waals surface area contributed by atoms with Gasteiger partial charge in [0.25, 0.3) is 0 Å². The molecule has 4 nitrogen and oxygen atoms in total. The van der Waals surface area contributed by atoms with E-state index in [1.165, 1.54) is 5.69 Å². The van der Waals surface area contributed by atoms with Gasteiger partial charge in [-0.3, -0.25) is 0 Å². The quantitative estimate of drug-likeness (QED) is 0.671. The van der Waals surface area contributed by atoms with Gasteiger partial charge in [-0.15, -0.1) is 0 Å². The molecule has 1 aromatic heterocycles. The summed E-state index contributed by atoms with van der Waals surface area (Å²) >= 11 is 0. The Hall–Kier alpha value is -0.870. The fourth-order valence-electron chi connectivity index (χ4n) is 1.67. The van der Waals surface area contributed by atoms with Gasteiger partial charge >= 0.3 is 0 Å². The second-order valence-electron chi connectivity index (χ2n) is 4.47. The third-order valence-electron chi connectivity index (χ3n) is 2.64. The van der Waals surface area contributed by atoms with E-state index in [-0.39, 0.29) is 0 Å². The summed E-state index contributed by atoms with van der Waals surface area (Å²) in [5.74, 6) is 0. The Morgan fingerprint density at radius 1 is 1.41 bits per heavy atom. The van der Waals surface area contributed by atoms with Gasteiger partial charge in [0.2, 0.25) is 0 Å². The standard InChI is InChI=1S/C13H25N3O/c1-4-16-11-15-10-13(16)9-14-7-5-6-8-17-12(2)3/h10-12,14H,4-9H2,1-3H3. The number of aryl methyl sites for hydroxylation is 1. The van der Waals surface area contributed by atoms with Crippen LogP contribution in [0.1, 0.15) is 39.3 Å². The summed E-state index contributed by atoms with van der Waals surface area (Å²) in [6.45, 7) is 10.1. The van der Waals surface area contributed by atoms with E-state index in [4.69, 9.17) is 4.74 Å². The molecule has 4 heteroatoms. The Bertz CT molecular complexity index is 297. The molecule has 0 aromatic carbocycles. The van der Waals surface area contributed by atoms with Crippen LogP contribution in [0.25, 0.3) is 0 Å². The monoisotopic (exact) mass is 239 g/mol. The highest BCUT2D eigenvalue weighted by Gasteiger charge is 1.99. The molecular formula is C13H25N3O. The van der Waals surface area contributed by atoms with E-state index in [9.17, 15) is 0 Å². The molecule has 1 N–H and O–H groups in total. The molecule has 1 aromatic rings. The van der Waals surface area contributed by atoms with Gasteiger partial charge in [-0.25, -0.2) is 4.98 Å². The maximum atomic E-state index is 5.49. The molecule has 0 atom stereocenters. The number of unbranched alkanes of at least 4 members (excludes halogenated alkanes) is 1. The van der Waals surface area contributed by atoms with E-state index in [1.807, 2.05) is 12.5 Å². The second kappa shape index (κ2) is 8.25. The number of nitrogens with zero attached hydrogens (tertiary/aromatic N) is 2.